The fraction of sp³-hybridized carbons (Fsp3) is 0.552. The van der Waals surface area contributed by atoms with Crippen molar-refractivity contribution < 1.29 is 14.3 Å². The number of hydrogen-bond acceptors (Lipinski definition) is 5. The summed E-state index contributed by atoms with van der Waals surface area (Å²) in [5, 5.41) is 8.45. The van der Waals surface area contributed by atoms with Gasteiger partial charge in [-0.2, -0.15) is 5.10 Å². The van der Waals surface area contributed by atoms with Crippen LogP contribution in [0, 0.1) is 11.3 Å². The molecule has 37 heavy (non-hydrogen) atoms. The molecule has 2 fully saturated rings. The molecule has 1 aliphatic carbocycles. The Balaban J connectivity index is 1.54. The summed E-state index contributed by atoms with van der Waals surface area (Å²) in [4.78, 5) is 26.7. The molecule has 0 bridgehead atoms. The first-order valence-corrected chi connectivity index (χ1v) is 13.5. The Labute approximate surface area is 219 Å². The lowest BCUT2D eigenvalue weighted by Gasteiger charge is -2.38. The van der Waals surface area contributed by atoms with Crippen molar-refractivity contribution in [1.82, 2.24) is 14.7 Å². The van der Waals surface area contributed by atoms with E-state index in [1.54, 1.807) is 7.11 Å². The summed E-state index contributed by atoms with van der Waals surface area (Å²) < 4.78 is 7.89. The number of rotatable bonds is 7. The SMILES string of the molecule is C=CC(=O)N1CCC(C2CCNc3c(C(N)=O)c(-c4cc(CC)c(C5CC5(C)C)c(OC)c4)nn32)CC1. The number of carbonyl (C=O) groups is 2. The number of aromatic nitrogens is 2. The van der Waals surface area contributed by atoms with Crippen LogP contribution in [0.4, 0.5) is 5.82 Å². The highest BCUT2D eigenvalue weighted by molar-refractivity contribution is 6.04. The second-order valence-electron chi connectivity index (χ2n) is 11.4. The van der Waals surface area contributed by atoms with Crippen LogP contribution in [0.2, 0.25) is 0 Å². The highest BCUT2D eigenvalue weighted by Crippen LogP contribution is 2.61. The first kappa shape index (κ1) is 25.4. The van der Waals surface area contributed by atoms with Crippen LogP contribution in [0.3, 0.4) is 0 Å². The summed E-state index contributed by atoms with van der Waals surface area (Å²) in [6.07, 6.45) is 6.09. The van der Waals surface area contributed by atoms with Crippen LogP contribution in [0.25, 0.3) is 11.3 Å². The lowest BCUT2D eigenvalue weighted by molar-refractivity contribution is -0.127. The average Bonchev–Trinajstić information content (AvgIpc) is 3.34. The minimum Gasteiger partial charge on any atom is -0.496 e. The molecule has 1 aromatic carbocycles. The number of nitrogens with two attached hydrogens (primary N) is 1. The minimum absolute atomic E-state index is 0.0134. The number of benzene rings is 1. The Hall–Kier alpha value is -3.29. The molecule has 2 aliphatic heterocycles. The van der Waals surface area contributed by atoms with Crippen LogP contribution in [-0.2, 0) is 11.2 Å². The number of anilines is 1. The quantitative estimate of drug-likeness (QED) is 0.539. The fourth-order valence-corrected chi connectivity index (χ4v) is 6.45. The lowest BCUT2D eigenvalue weighted by Crippen LogP contribution is -2.41. The van der Waals surface area contributed by atoms with Gasteiger partial charge in [0.2, 0.25) is 5.91 Å². The van der Waals surface area contributed by atoms with Gasteiger partial charge in [0.05, 0.1) is 13.2 Å². The van der Waals surface area contributed by atoms with Gasteiger partial charge in [0.15, 0.2) is 0 Å². The predicted molar refractivity (Wildman–Crippen MR) is 145 cm³/mol. The molecular weight excluding hydrogens is 466 g/mol. The fourth-order valence-electron chi connectivity index (χ4n) is 6.45. The molecule has 198 valence electrons. The molecule has 1 saturated carbocycles. The Bertz CT molecular complexity index is 1210. The van der Waals surface area contributed by atoms with Crippen molar-refractivity contribution in [2.45, 2.75) is 64.8 Å². The highest BCUT2D eigenvalue weighted by Gasteiger charge is 2.48. The van der Waals surface area contributed by atoms with Crippen molar-refractivity contribution in [2.75, 3.05) is 32.1 Å². The van der Waals surface area contributed by atoms with Crippen molar-refractivity contribution in [2.24, 2.45) is 17.1 Å². The maximum absolute atomic E-state index is 12.8. The summed E-state index contributed by atoms with van der Waals surface area (Å²) >= 11 is 0. The standard InChI is InChI=1S/C29H39N5O3/c1-6-17-14-19(15-22(37-5)24(17)20-16-29(20,3)4)26-25(27(30)36)28-31-11-8-21(34(28)32-26)18-9-12-33(13-10-18)23(35)7-2/h7,14-15,18,20-21,31H,2,6,8-13,16H2,1,3-5H3,(H2,30,36). The molecular formula is C29H39N5O3. The largest absolute Gasteiger partial charge is 0.496 e. The molecule has 2 unspecified atom stereocenters. The Morgan fingerprint density at radius 1 is 1.27 bits per heavy atom. The summed E-state index contributed by atoms with van der Waals surface area (Å²) in [6.45, 7) is 12.5. The molecule has 3 heterocycles. The number of likely N-dealkylation sites (tertiary alicyclic amines) is 1. The molecule has 1 saturated heterocycles. The van der Waals surface area contributed by atoms with E-state index >= 15 is 0 Å². The zero-order valence-electron chi connectivity index (χ0n) is 22.5. The number of amides is 2. The van der Waals surface area contributed by atoms with Crippen LogP contribution in [-0.4, -0.2) is 53.2 Å². The van der Waals surface area contributed by atoms with Crippen molar-refractivity contribution >= 4 is 17.6 Å². The van der Waals surface area contributed by atoms with Gasteiger partial charge in [0, 0.05) is 30.8 Å². The number of nitrogens with zero attached hydrogens (tertiary/aromatic N) is 3. The molecule has 2 amide bonds. The van der Waals surface area contributed by atoms with Gasteiger partial charge >= 0.3 is 0 Å². The van der Waals surface area contributed by atoms with Gasteiger partial charge in [-0.1, -0.05) is 27.4 Å². The van der Waals surface area contributed by atoms with E-state index in [1.807, 2.05) is 15.6 Å². The number of carbonyl (C=O) groups excluding carboxylic acids is 2. The van der Waals surface area contributed by atoms with E-state index in [4.69, 9.17) is 15.6 Å². The van der Waals surface area contributed by atoms with Gasteiger partial charge in [-0.25, -0.2) is 4.68 Å². The number of primary amides is 1. The molecule has 3 aliphatic rings. The van der Waals surface area contributed by atoms with Crippen LogP contribution in [0.15, 0.2) is 24.8 Å². The number of piperidine rings is 1. The van der Waals surface area contributed by atoms with Crippen LogP contribution >= 0.6 is 0 Å². The van der Waals surface area contributed by atoms with Crippen molar-refractivity contribution in [3.05, 3.63) is 41.5 Å². The number of methoxy groups -OCH3 is 1. The Kier molecular flexibility index (Phi) is 6.54. The lowest BCUT2D eigenvalue weighted by atomic mass is 9.87. The second kappa shape index (κ2) is 9.54. The van der Waals surface area contributed by atoms with Gasteiger partial charge in [0.1, 0.15) is 22.8 Å². The Morgan fingerprint density at radius 3 is 2.54 bits per heavy atom. The molecule has 0 radical (unpaired) electrons. The van der Waals surface area contributed by atoms with Gasteiger partial charge in [-0.05, 0) is 73.1 Å². The highest BCUT2D eigenvalue weighted by atomic mass is 16.5. The summed E-state index contributed by atoms with van der Waals surface area (Å²) in [6, 6.07) is 4.34. The van der Waals surface area contributed by atoms with E-state index in [2.05, 4.69) is 38.7 Å². The van der Waals surface area contributed by atoms with E-state index in [1.165, 1.54) is 17.2 Å². The first-order chi connectivity index (χ1) is 17.7. The van der Waals surface area contributed by atoms with Gasteiger partial charge in [-0.15, -0.1) is 0 Å². The molecule has 8 heteroatoms. The van der Waals surface area contributed by atoms with Crippen molar-refractivity contribution in [3.8, 4) is 17.0 Å². The molecule has 2 aromatic rings. The second-order valence-corrected chi connectivity index (χ2v) is 11.4. The normalized spacial score (nSPS) is 22.6. The van der Waals surface area contributed by atoms with E-state index in [0.717, 1.165) is 50.0 Å². The van der Waals surface area contributed by atoms with Crippen LogP contribution in [0.1, 0.15) is 79.9 Å². The predicted octanol–water partition coefficient (Wildman–Crippen LogP) is 4.51. The molecule has 3 N–H and O–H groups in total. The maximum Gasteiger partial charge on any atom is 0.254 e. The third kappa shape index (κ3) is 4.40. The van der Waals surface area contributed by atoms with Crippen molar-refractivity contribution in [1.29, 1.82) is 0 Å². The van der Waals surface area contributed by atoms with E-state index in [0.29, 0.717) is 42.0 Å². The topological polar surface area (TPSA) is 102 Å². The Morgan fingerprint density at radius 2 is 1.97 bits per heavy atom. The molecule has 8 nitrogen and oxygen atoms in total. The zero-order valence-corrected chi connectivity index (χ0v) is 22.5. The monoisotopic (exact) mass is 505 g/mol. The number of aryl methyl sites for hydroxylation is 1. The summed E-state index contributed by atoms with van der Waals surface area (Å²) in [5.74, 6) is 1.90. The molecule has 0 spiro atoms. The van der Waals surface area contributed by atoms with Crippen LogP contribution < -0.4 is 15.8 Å². The third-order valence-electron chi connectivity index (χ3n) is 8.74. The van der Waals surface area contributed by atoms with Crippen molar-refractivity contribution in [3.63, 3.8) is 0 Å². The number of fused-ring (bicyclic) bond motifs is 1. The first-order valence-electron chi connectivity index (χ1n) is 13.5. The molecule has 5 rings (SSSR count). The number of ether oxygens (including phenoxy) is 1. The van der Waals surface area contributed by atoms with E-state index in [9.17, 15) is 9.59 Å². The zero-order chi connectivity index (χ0) is 26.5. The van der Waals surface area contributed by atoms with E-state index in [-0.39, 0.29) is 17.4 Å². The molecule has 2 atom stereocenters. The van der Waals surface area contributed by atoms with Crippen LogP contribution in [0.5, 0.6) is 5.75 Å². The summed E-state index contributed by atoms with van der Waals surface area (Å²) in [7, 11) is 1.71. The number of nitrogens with one attached hydrogen (secondary N) is 1. The third-order valence-corrected chi connectivity index (χ3v) is 8.74. The van der Waals surface area contributed by atoms with Gasteiger partial charge < -0.3 is 20.7 Å². The van der Waals surface area contributed by atoms with E-state index < -0.39 is 5.91 Å². The smallest absolute Gasteiger partial charge is 0.254 e. The molecule has 1 aromatic heterocycles. The minimum atomic E-state index is -0.486. The summed E-state index contributed by atoms with van der Waals surface area (Å²) in [5.41, 5.74) is 10.6. The van der Waals surface area contributed by atoms with Gasteiger partial charge in [-0.3, -0.25) is 9.59 Å². The van der Waals surface area contributed by atoms with Gasteiger partial charge in [0.25, 0.3) is 5.91 Å². The average molecular weight is 506 g/mol. The number of hydrogen-bond donors (Lipinski definition) is 2. The maximum atomic E-state index is 12.8.